The maximum Gasteiger partial charge on any atom is 0.324 e. The number of carbonyl (C=O) groups is 1. The Hall–Kier alpha value is -2.58. The number of carbonyl (C=O) groups excluding carboxylic acids is 1. The number of nitrogens with one attached hydrogen (secondary N) is 1. The smallest absolute Gasteiger partial charge is 0.324 e. The predicted molar refractivity (Wildman–Crippen MR) is 103 cm³/mol. The average molecular weight is 389 g/mol. The zero-order valence-electron chi connectivity index (χ0n) is 15.6. The summed E-state index contributed by atoms with van der Waals surface area (Å²) in [6.45, 7) is 4.44. The molecule has 1 unspecified atom stereocenters. The van der Waals surface area contributed by atoms with Gasteiger partial charge in [-0.1, -0.05) is 25.4 Å². The van der Waals surface area contributed by atoms with Gasteiger partial charge in [-0.2, -0.15) is 0 Å². The molecule has 2 aromatic rings. The summed E-state index contributed by atoms with van der Waals surface area (Å²) in [5.74, 6) is 0.0838. The van der Waals surface area contributed by atoms with Crippen LogP contribution in [0.2, 0.25) is 5.02 Å². The van der Waals surface area contributed by atoms with E-state index in [1.54, 1.807) is 42.4 Å². The van der Waals surface area contributed by atoms with Crippen molar-refractivity contribution in [1.82, 2.24) is 19.9 Å². The quantitative estimate of drug-likeness (QED) is 0.858. The summed E-state index contributed by atoms with van der Waals surface area (Å²) in [5, 5.41) is 0.572. The molecular weight excluding hydrogens is 368 g/mol. The molecule has 1 atom stereocenters. The molecule has 1 aromatic heterocycles. The van der Waals surface area contributed by atoms with Crippen LogP contribution in [0, 0.1) is 5.92 Å². The molecule has 1 aromatic carbocycles. The third-order valence-corrected chi connectivity index (χ3v) is 5.23. The highest BCUT2D eigenvalue weighted by Gasteiger charge is 2.45. The van der Waals surface area contributed by atoms with E-state index in [0.717, 1.165) is 22.8 Å². The normalized spacial score (nSPS) is 20.4. The second kappa shape index (κ2) is 6.24. The standard InChI is InChI=1S/C18H21ClN6O2/c1-11(2)18(21-10-27-22-18)16-15-8-24(17(26)23(3)4)14-7-12(19)5-6-13(14)25(15)9-20-16/h5-7,9-11,22H,8H2,1-4H3. The molecule has 0 bridgehead atoms. The van der Waals surface area contributed by atoms with Crippen molar-refractivity contribution in [3.05, 3.63) is 40.9 Å². The Kier molecular flexibility index (Phi) is 4.12. The number of urea groups is 1. The number of amides is 2. The van der Waals surface area contributed by atoms with E-state index in [1.807, 2.05) is 24.5 Å². The summed E-state index contributed by atoms with van der Waals surface area (Å²) in [6.07, 6.45) is 3.15. The number of aliphatic imine (C=N–C) groups is 1. The van der Waals surface area contributed by atoms with Crippen molar-refractivity contribution >= 4 is 29.7 Å². The van der Waals surface area contributed by atoms with Gasteiger partial charge in [0.15, 0.2) is 12.1 Å². The van der Waals surface area contributed by atoms with E-state index in [0.29, 0.717) is 11.6 Å². The zero-order chi connectivity index (χ0) is 19.3. The second-order valence-corrected chi connectivity index (χ2v) is 7.62. The molecule has 1 N–H and O–H groups in total. The van der Waals surface area contributed by atoms with E-state index in [1.165, 1.54) is 6.40 Å². The largest absolute Gasteiger partial charge is 0.394 e. The Balaban J connectivity index is 1.91. The van der Waals surface area contributed by atoms with E-state index < -0.39 is 5.66 Å². The third-order valence-electron chi connectivity index (χ3n) is 5.00. The van der Waals surface area contributed by atoms with Crippen LogP contribution < -0.4 is 10.4 Å². The molecule has 0 aliphatic carbocycles. The van der Waals surface area contributed by atoms with Crippen LogP contribution >= 0.6 is 11.6 Å². The lowest BCUT2D eigenvalue weighted by molar-refractivity contribution is 0.0854. The van der Waals surface area contributed by atoms with Crippen LogP contribution in [0.4, 0.5) is 10.5 Å². The first-order valence-electron chi connectivity index (χ1n) is 8.67. The van der Waals surface area contributed by atoms with Crippen LogP contribution in [-0.2, 0) is 17.0 Å². The van der Waals surface area contributed by atoms with E-state index in [9.17, 15) is 4.79 Å². The van der Waals surface area contributed by atoms with Gasteiger partial charge in [0.25, 0.3) is 0 Å². The van der Waals surface area contributed by atoms with E-state index in [4.69, 9.17) is 16.4 Å². The second-order valence-electron chi connectivity index (χ2n) is 7.18. The number of hydroxylamine groups is 1. The first-order chi connectivity index (χ1) is 12.8. The third kappa shape index (κ3) is 2.59. The number of rotatable bonds is 2. The van der Waals surface area contributed by atoms with E-state index in [-0.39, 0.29) is 11.9 Å². The minimum atomic E-state index is -0.794. The number of aromatic nitrogens is 2. The summed E-state index contributed by atoms with van der Waals surface area (Å²) in [7, 11) is 3.46. The molecule has 4 rings (SSSR count). The molecule has 9 heteroatoms. The van der Waals surface area contributed by atoms with E-state index >= 15 is 0 Å². The van der Waals surface area contributed by atoms with Gasteiger partial charge in [0.2, 0.25) is 0 Å². The SMILES string of the molecule is CC(C)C1(c2ncn3c2CN(C(=O)N(C)C)c2cc(Cl)ccc2-3)N=CON1. The highest BCUT2D eigenvalue weighted by Crippen LogP contribution is 2.40. The predicted octanol–water partition coefficient (Wildman–Crippen LogP) is 2.90. The number of nitrogens with zero attached hydrogens (tertiary/aromatic N) is 5. The summed E-state index contributed by atoms with van der Waals surface area (Å²) in [4.78, 5) is 30.5. The van der Waals surface area contributed by atoms with Crippen LogP contribution in [0.15, 0.2) is 29.5 Å². The number of benzene rings is 1. The minimum Gasteiger partial charge on any atom is -0.394 e. The number of halogens is 1. The number of hydrogen-bond donors (Lipinski definition) is 1. The van der Waals surface area contributed by atoms with Gasteiger partial charge in [-0.05, 0) is 18.2 Å². The maximum atomic E-state index is 12.9. The summed E-state index contributed by atoms with van der Waals surface area (Å²) in [5.41, 5.74) is 5.40. The molecule has 2 aliphatic heterocycles. The van der Waals surface area contributed by atoms with Crippen LogP contribution in [0.5, 0.6) is 0 Å². The average Bonchev–Trinajstić information content (AvgIpc) is 3.27. The molecular formula is C18H21ClN6O2. The topological polar surface area (TPSA) is 75.0 Å². The molecule has 8 nitrogen and oxygen atoms in total. The first-order valence-corrected chi connectivity index (χ1v) is 9.05. The Labute approximate surface area is 162 Å². The summed E-state index contributed by atoms with van der Waals surface area (Å²) >= 11 is 6.20. The van der Waals surface area contributed by atoms with Gasteiger partial charge in [0.1, 0.15) is 12.0 Å². The lowest BCUT2D eigenvalue weighted by atomic mass is 9.92. The zero-order valence-corrected chi connectivity index (χ0v) is 16.4. The van der Waals surface area contributed by atoms with Gasteiger partial charge in [-0.15, -0.1) is 5.48 Å². The van der Waals surface area contributed by atoms with Crippen molar-refractivity contribution in [2.24, 2.45) is 10.9 Å². The summed E-state index contributed by atoms with van der Waals surface area (Å²) in [6, 6.07) is 5.37. The fourth-order valence-corrected chi connectivity index (χ4v) is 3.68. The van der Waals surface area contributed by atoms with Crippen LogP contribution in [0.1, 0.15) is 25.2 Å². The number of fused-ring (bicyclic) bond motifs is 3. The molecule has 142 valence electrons. The van der Waals surface area contributed by atoms with Crippen LogP contribution in [0.25, 0.3) is 5.69 Å². The highest BCUT2D eigenvalue weighted by molar-refractivity contribution is 6.31. The van der Waals surface area contributed by atoms with Crippen molar-refractivity contribution in [2.45, 2.75) is 26.1 Å². The van der Waals surface area contributed by atoms with Gasteiger partial charge in [-0.25, -0.2) is 14.8 Å². The van der Waals surface area contributed by atoms with Gasteiger partial charge in [0, 0.05) is 25.0 Å². The Morgan fingerprint density at radius 1 is 1.37 bits per heavy atom. The molecule has 0 saturated heterocycles. The lowest BCUT2D eigenvalue weighted by Gasteiger charge is -2.35. The Bertz CT molecular complexity index is 938. The molecule has 0 spiro atoms. The van der Waals surface area contributed by atoms with Crippen molar-refractivity contribution in [3.63, 3.8) is 0 Å². The fourth-order valence-electron chi connectivity index (χ4n) is 3.52. The Morgan fingerprint density at radius 3 is 2.78 bits per heavy atom. The molecule has 0 radical (unpaired) electrons. The number of hydrogen-bond acceptors (Lipinski definition) is 5. The van der Waals surface area contributed by atoms with Gasteiger partial charge >= 0.3 is 6.03 Å². The van der Waals surface area contributed by atoms with Gasteiger partial charge in [-0.3, -0.25) is 9.47 Å². The van der Waals surface area contributed by atoms with Gasteiger partial charge < -0.3 is 9.74 Å². The van der Waals surface area contributed by atoms with Crippen molar-refractivity contribution in [3.8, 4) is 5.69 Å². The highest BCUT2D eigenvalue weighted by atomic mass is 35.5. The molecule has 3 heterocycles. The number of anilines is 1. The monoisotopic (exact) mass is 388 g/mol. The lowest BCUT2D eigenvalue weighted by Crippen LogP contribution is -2.45. The van der Waals surface area contributed by atoms with E-state index in [2.05, 4.69) is 15.5 Å². The summed E-state index contributed by atoms with van der Waals surface area (Å²) < 4.78 is 1.99. The van der Waals surface area contributed by atoms with Crippen LogP contribution in [0.3, 0.4) is 0 Å². The number of imidazole rings is 1. The molecule has 2 aliphatic rings. The molecule has 27 heavy (non-hydrogen) atoms. The molecule has 0 saturated carbocycles. The first kappa shape index (κ1) is 17.8. The molecule has 2 amide bonds. The van der Waals surface area contributed by atoms with Crippen molar-refractivity contribution in [1.29, 1.82) is 0 Å². The maximum absolute atomic E-state index is 12.9. The van der Waals surface area contributed by atoms with Crippen molar-refractivity contribution < 1.29 is 9.63 Å². The van der Waals surface area contributed by atoms with Crippen molar-refractivity contribution in [2.75, 3.05) is 19.0 Å². The fraction of sp³-hybridized carbons (Fsp3) is 0.389. The van der Waals surface area contributed by atoms with Gasteiger partial charge in [0.05, 0.1) is 23.6 Å². The molecule has 0 fully saturated rings. The minimum absolute atomic E-state index is 0.0838. The van der Waals surface area contributed by atoms with Crippen LogP contribution in [-0.4, -0.2) is 41.0 Å². The Morgan fingerprint density at radius 2 is 2.15 bits per heavy atom.